The summed E-state index contributed by atoms with van der Waals surface area (Å²) in [5.74, 6) is -1.35. The number of carbonyl (C=O) groups excluding carboxylic acids is 2. The Morgan fingerprint density at radius 1 is 0.800 bits per heavy atom. The van der Waals surface area contributed by atoms with Crippen LogP contribution >= 0.6 is 0 Å². The summed E-state index contributed by atoms with van der Waals surface area (Å²) in [5.41, 5.74) is 4.00. The first-order chi connectivity index (χ1) is 12.0. The summed E-state index contributed by atoms with van der Waals surface area (Å²) < 4.78 is 9.88. The van der Waals surface area contributed by atoms with Gasteiger partial charge >= 0.3 is 11.9 Å². The second-order valence-electron chi connectivity index (χ2n) is 5.49. The number of aryl methyl sites for hydroxylation is 1. The molecule has 2 aromatic carbocycles. The average molecular weight is 338 g/mol. The van der Waals surface area contributed by atoms with Gasteiger partial charge in [0.15, 0.2) is 0 Å². The molecule has 0 heterocycles. The minimum absolute atomic E-state index is 0.105. The van der Waals surface area contributed by atoms with E-state index >= 15 is 0 Å². The van der Waals surface area contributed by atoms with Crippen molar-refractivity contribution >= 4 is 18.0 Å². The van der Waals surface area contributed by atoms with E-state index in [1.807, 2.05) is 31.2 Å². The molecule has 0 N–H and O–H groups in total. The van der Waals surface area contributed by atoms with E-state index in [1.54, 1.807) is 13.8 Å². The number of hydrogen-bond donors (Lipinski definition) is 0. The molecule has 0 fully saturated rings. The molecule has 0 aliphatic rings. The summed E-state index contributed by atoms with van der Waals surface area (Å²) in [6.45, 7) is 5.82. The van der Waals surface area contributed by atoms with Gasteiger partial charge in [-0.05, 0) is 43.5 Å². The zero-order valence-corrected chi connectivity index (χ0v) is 14.7. The van der Waals surface area contributed by atoms with Crippen molar-refractivity contribution in [3.8, 4) is 11.1 Å². The quantitative estimate of drug-likeness (QED) is 0.343. The number of carbonyl (C=O) groups is 2. The van der Waals surface area contributed by atoms with Gasteiger partial charge in [-0.25, -0.2) is 9.59 Å². The van der Waals surface area contributed by atoms with E-state index < -0.39 is 11.9 Å². The maximum atomic E-state index is 12.0. The van der Waals surface area contributed by atoms with Crippen molar-refractivity contribution in [3.05, 3.63) is 65.2 Å². The Labute approximate surface area is 148 Å². The molecule has 2 rings (SSSR count). The van der Waals surface area contributed by atoms with Gasteiger partial charge in [-0.2, -0.15) is 0 Å². The molecular formula is C21H22O4. The third-order valence-electron chi connectivity index (χ3n) is 3.60. The largest absolute Gasteiger partial charge is 0.462 e. The van der Waals surface area contributed by atoms with Crippen LogP contribution in [0.3, 0.4) is 0 Å². The van der Waals surface area contributed by atoms with Crippen molar-refractivity contribution < 1.29 is 19.1 Å². The monoisotopic (exact) mass is 338 g/mol. The van der Waals surface area contributed by atoms with Crippen LogP contribution in [0.5, 0.6) is 0 Å². The molecule has 0 aromatic heterocycles. The molecule has 0 aliphatic heterocycles. The summed E-state index contributed by atoms with van der Waals surface area (Å²) in [6.07, 6.45) is 1.49. The second kappa shape index (κ2) is 8.83. The van der Waals surface area contributed by atoms with Crippen LogP contribution in [-0.2, 0) is 19.1 Å². The maximum Gasteiger partial charge on any atom is 0.345 e. The van der Waals surface area contributed by atoms with Crippen LogP contribution < -0.4 is 0 Å². The van der Waals surface area contributed by atoms with Crippen LogP contribution in [0.1, 0.15) is 25.0 Å². The van der Waals surface area contributed by atoms with Crippen LogP contribution in [-0.4, -0.2) is 25.2 Å². The molecule has 2 aromatic rings. The fraction of sp³-hybridized carbons (Fsp3) is 0.238. The van der Waals surface area contributed by atoms with E-state index in [0.717, 1.165) is 16.7 Å². The number of esters is 2. The number of benzene rings is 2. The zero-order chi connectivity index (χ0) is 18.2. The highest BCUT2D eigenvalue weighted by molar-refractivity contribution is 6.17. The van der Waals surface area contributed by atoms with Gasteiger partial charge in [0.2, 0.25) is 0 Å². The summed E-state index contributed by atoms with van der Waals surface area (Å²) in [5, 5.41) is 0. The molecule has 130 valence electrons. The maximum absolute atomic E-state index is 12.0. The van der Waals surface area contributed by atoms with Crippen LogP contribution in [0, 0.1) is 6.92 Å². The Morgan fingerprint density at radius 2 is 1.24 bits per heavy atom. The molecule has 4 heteroatoms. The molecule has 0 saturated heterocycles. The molecule has 25 heavy (non-hydrogen) atoms. The Balaban J connectivity index is 2.28. The molecule has 0 atom stereocenters. The topological polar surface area (TPSA) is 52.6 Å². The lowest BCUT2D eigenvalue weighted by Crippen LogP contribution is -2.18. The molecule has 0 saturated carbocycles. The molecule has 0 bridgehead atoms. The van der Waals surface area contributed by atoms with Crippen LogP contribution in [0.25, 0.3) is 17.2 Å². The highest BCUT2D eigenvalue weighted by Gasteiger charge is 2.20. The van der Waals surface area contributed by atoms with Gasteiger partial charge in [0.1, 0.15) is 5.57 Å². The smallest absolute Gasteiger partial charge is 0.345 e. The Hall–Kier alpha value is -2.88. The molecular weight excluding hydrogens is 316 g/mol. The van der Waals surface area contributed by atoms with E-state index in [0.29, 0.717) is 0 Å². The lowest BCUT2D eigenvalue weighted by Gasteiger charge is -2.07. The fourth-order valence-electron chi connectivity index (χ4n) is 2.30. The van der Waals surface area contributed by atoms with Gasteiger partial charge in [0.05, 0.1) is 13.2 Å². The highest BCUT2D eigenvalue weighted by Crippen LogP contribution is 2.21. The van der Waals surface area contributed by atoms with E-state index in [9.17, 15) is 9.59 Å². The van der Waals surface area contributed by atoms with Crippen molar-refractivity contribution in [3.63, 3.8) is 0 Å². The normalized spacial score (nSPS) is 10.0. The second-order valence-corrected chi connectivity index (χ2v) is 5.49. The van der Waals surface area contributed by atoms with Crippen LogP contribution in [0.15, 0.2) is 54.1 Å². The molecule has 0 amide bonds. The third kappa shape index (κ3) is 5.05. The minimum Gasteiger partial charge on any atom is -0.462 e. The third-order valence-corrected chi connectivity index (χ3v) is 3.60. The van der Waals surface area contributed by atoms with Crippen LogP contribution in [0.4, 0.5) is 0 Å². The summed E-state index contributed by atoms with van der Waals surface area (Å²) >= 11 is 0. The lowest BCUT2D eigenvalue weighted by atomic mass is 10.0. The Kier molecular flexibility index (Phi) is 6.52. The first kappa shape index (κ1) is 18.5. The number of rotatable bonds is 6. The van der Waals surface area contributed by atoms with Crippen molar-refractivity contribution in [2.24, 2.45) is 0 Å². The summed E-state index contributed by atoms with van der Waals surface area (Å²) in [7, 11) is 0. The first-order valence-electron chi connectivity index (χ1n) is 8.28. The molecule has 0 radical (unpaired) electrons. The predicted molar refractivity (Wildman–Crippen MR) is 97.9 cm³/mol. The van der Waals surface area contributed by atoms with Gasteiger partial charge in [-0.1, -0.05) is 54.1 Å². The zero-order valence-electron chi connectivity index (χ0n) is 14.7. The lowest BCUT2D eigenvalue weighted by molar-refractivity contribution is -0.146. The van der Waals surface area contributed by atoms with Gasteiger partial charge in [-0.15, -0.1) is 0 Å². The molecule has 0 aliphatic carbocycles. The van der Waals surface area contributed by atoms with Gasteiger partial charge < -0.3 is 9.47 Å². The SMILES string of the molecule is CCOC(=O)C(=Cc1ccc(-c2ccc(C)cc2)cc1)C(=O)OCC. The number of ether oxygens (including phenoxy) is 2. The number of hydrogen-bond acceptors (Lipinski definition) is 4. The van der Waals surface area contributed by atoms with Crippen molar-refractivity contribution in [2.45, 2.75) is 20.8 Å². The fourth-order valence-corrected chi connectivity index (χ4v) is 2.30. The highest BCUT2D eigenvalue weighted by atomic mass is 16.6. The Morgan fingerprint density at radius 3 is 1.68 bits per heavy atom. The minimum atomic E-state index is -0.677. The van der Waals surface area contributed by atoms with E-state index in [1.165, 1.54) is 11.6 Å². The van der Waals surface area contributed by atoms with Gasteiger partial charge in [0, 0.05) is 0 Å². The summed E-state index contributed by atoms with van der Waals surface area (Å²) in [4.78, 5) is 24.0. The predicted octanol–water partition coefficient (Wildman–Crippen LogP) is 4.17. The van der Waals surface area contributed by atoms with E-state index in [-0.39, 0.29) is 18.8 Å². The average Bonchev–Trinajstić information content (AvgIpc) is 2.61. The molecule has 0 spiro atoms. The van der Waals surface area contributed by atoms with Crippen molar-refractivity contribution in [1.82, 2.24) is 0 Å². The standard InChI is InChI=1S/C21H22O4/c1-4-24-20(22)19(21(23)25-5-2)14-16-8-12-18(13-9-16)17-10-6-15(3)7-11-17/h6-14H,4-5H2,1-3H3. The van der Waals surface area contributed by atoms with Crippen molar-refractivity contribution in [1.29, 1.82) is 0 Å². The van der Waals surface area contributed by atoms with E-state index in [4.69, 9.17) is 9.47 Å². The summed E-state index contributed by atoms with van der Waals surface area (Å²) in [6, 6.07) is 15.8. The van der Waals surface area contributed by atoms with Crippen LogP contribution in [0.2, 0.25) is 0 Å². The van der Waals surface area contributed by atoms with Gasteiger partial charge in [0.25, 0.3) is 0 Å². The first-order valence-corrected chi connectivity index (χ1v) is 8.28. The Bertz CT molecular complexity index is 735. The molecule has 4 nitrogen and oxygen atoms in total. The van der Waals surface area contributed by atoms with Crippen molar-refractivity contribution in [2.75, 3.05) is 13.2 Å². The van der Waals surface area contributed by atoms with E-state index in [2.05, 4.69) is 24.3 Å². The van der Waals surface area contributed by atoms with Gasteiger partial charge in [-0.3, -0.25) is 0 Å². The molecule has 0 unspecified atom stereocenters.